The maximum Gasteiger partial charge on any atom is 0.193 e. The maximum atomic E-state index is 12.3. The highest BCUT2D eigenvalue weighted by Gasteiger charge is 2.08. The number of carbonyl (C=O) groups is 1. The minimum Gasteiger partial charge on any atom is -0.300 e. The van der Waals surface area contributed by atoms with Gasteiger partial charge in [-0.25, -0.2) is 0 Å². The summed E-state index contributed by atoms with van der Waals surface area (Å²) in [5, 5.41) is 0. The molecular formula is C18H21NO. The van der Waals surface area contributed by atoms with Crippen molar-refractivity contribution >= 4 is 5.78 Å². The van der Waals surface area contributed by atoms with Crippen LogP contribution in [0.1, 0.15) is 35.3 Å². The highest BCUT2D eigenvalue weighted by Crippen LogP contribution is 2.12. The summed E-state index contributed by atoms with van der Waals surface area (Å²) in [6.07, 6.45) is 0. The molecule has 2 aromatic carbocycles. The second kappa shape index (κ2) is 7.01. The van der Waals surface area contributed by atoms with Crippen LogP contribution < -0.4 is 0 Å². The number of nitrogens with zero attached hydrogens (tertiary/aromatic N) is 1. The molecule has 0 amide bonds. The van der Waals surface area contributed by atoms with Gasteiger partial charge < -0.3 is 0 Å². The first-order chi connectivity index (χ1) is 9.74. The first-order valence-electron chi connectivity index (χ1n) is 7.15. The van der Waals surface area contributed by atoms with Gasteiger partial charge in [0.05, 0.1) is 0 Å². The summed E-state index contributed by atoms with van der Waals surface area (Å²) in [4.78, 5) is 14.6. The molecule has 0 heterocycles. The van der Waals surface area contributed by atoms with Crippen LogP contribution in [0.4, 0.5) is 0 Å². The highest BCUT2D eigenvalue weighted by atomic mass is 16.1. The third-order valence-corrected chi connectivity index (χ3v) is 3.55. The van der Waals surface area contributed by atoms with Crippen molar-refractivity contribution < 1.29 is 4.79 Å². The lowest BCUT2D eigenvalue weighted by Gasteiger charge is -2.17. The monoisotopic (exact) mass is 267 g/mol. The molecule has 0 unspecified atom stereocenters. The lowest BCUT2D eigenvalue weighted by atomic mass is 10.0. The zero-order chi connectivity index (χ0) is 14.4. The maximum absolute atomic E-state index is 12.3. The van der Waals surface area contributed by atoms with Gasteiger partial charge in [-0.1, -0.05) is 68.4 Å². The zero-order valence-electron chi connectivity index (χ0n) is 12.2. The van der Waals surface area contributed by atoms with Gasteiger partial charge in [-0.15, -0.1) is 0 Å². The minimum atomic E-state index is 0.0833. The van der Waals surface area contributed by atoms with Gasteiger partial charge in [0.25, 0.3) is 0 Å². The summed E-state index contributed by atoms with van der Waals surface area (Å²) in [7, 11) is 0. The summed E-state index contributed by atoms with van der Waals surface area (Å²) in [6.45, 7) is 7.35. The molecule has 0 spiro atoms. The van der Waals surface area contributed by atoms with Crippen molar-refractivity contribution in [3.63, 3.8) is 0 Å². The molecule has 0 aliphatic carbocycles. The topological polar surface area (TPSA) is 20.3 Å². The third-order valence-electron chi connectivity index (χ3n) is 3.55. The van der Waals surface area contributed by atoms with Crippen LogP contribution in [-0.4, -0.2) is 23.8 Å². The molecule has 2 nitrogen and oxygen atoms in total. The number of rotatable bonds is 6. The smallest absolute Gasteiger partial charge is 0.193 e. The SMILES string of the molecule is CCN(CC)Cc1ccc(C(=O)c2ccccc2)cc1. The van der Waals surface area contributed by atoms with Gasteiger partial charge in [0.2, 0.25) is 0 Å². The van der Waals surface area contributed by atoms with Crippen LogP contribution in [0, 0.1) is 0 Å². The molecule has 0 atom stereocenters. The zero-order valence-corrected chi connectivity index (χ0v) is 12.2. The van der Waals surface area contributed by atoms with Crippen LogP contribution in [0.15, 0.2) is 54.6 Å². The van der Waals surface area contributed by atoms with Crippen molar-refractivity contribution in [2.45, 2.75) is 20.4 Å². The summed E-state index contributed by atoms with van der Waals surface area (Å²) < 4.78 is 0. The quantitative estimate of drug-likeness (QED) is 0.743. The van der Waals surface area contributed by atoms with Gasteiger partial charge in [-0.05, 0) is 18.7 Å². The van der Waals surface area contributed by atoms with E-state index in [1.807, 2.05) is 42.5 Å². The number of hydrogen-bond donors (Lipinski definition) is 0. The Morgan fingerprint density at radius 2 is 1.40 bits per heavy atom. The Balaban J connectivity index is 2.10. The van der Waals surface area contributed by atoms with E-state index in [0.717, 1.165) is 30.8 Å². The van der Waals surface area contributed by atoms with Crippen LogP contribution in [0.5, 0.6) is 0 Å². The van der Waals surface area contributed by atoms with E-state index in [1.165, 1.54) is 5.56 Å². The summed E-state index contributed by atoms with van der Waals surface area (Å²) in [6, 6.07) is 17.4. The van der Waals surface area contributed by atoms with Gasteiger partial charge in [-0.2, -0.15) is 0 Å². The first-order valence-corrected chi connectivity index (χ1v) is 7.15. The van der Waals surface area contributed by atoms with Crippen LogP contribution >= 0.6 is 0 Å². The molecule has 0 saturated carbocycles. The van der Waals surface area contributed by atoms with E-state index in [4.69, 9.17) is 0 Å². The Bertz CT molecular complexity index is 541. The van der Waals surface area contributed by atoms with Crippen molar-refractivity contribution in [1.29, 1.82) is 0 Å². The van der Waals surface area contributed by atoms with Gasteiger partial charge in [0, 0.05) is 17.7 Å². The van der Waals surface area contributed by atoms with E-state index in [9.17, 15) is 4.79 Å². The highest BCUT2D eigenvalue weighted by molar-refractivity contribution is 6.08. The average Bonchev–Trinajstić information content (AvgIpc) is 2.53. The van der Waals surface area contributed by atoms with Crippen LogP contribution in [0.25, 0.3) is 0 Å². The van der Waals surface area contributed by atoms with Gasteiger partial charge in [0.15, 0.2) is 5.78 Å². The van der Waals surface area contributed by atoms with Gasteiger partial charge >= 0.3 is 0 Å². The fraction of sp³-hybridized carbons (Fsp3) is 0.278. The predicted molar refractivity (Wildman–Crippen MR) is 82.9 cm³/mol. The Kier molecular flexibility index (Phi) is 5.08. The Hall–Kier alpha value is -1.93. The molecular weight excluding hydrogens is 246 g/mol. The number of carbonyl (C=O) groups excluding carboxylic acids is 1. The number of benzene rings is 2. The molecule has 0 fully saturated rings. The fourth-order valence-corrected chi connectivity index (χ4v) is 2.22. The minimum absolute atomic E-state index is 0.0833. The Morgan fingerprint density at radius 1 is 0.850 bits per heavy atom. The molecule has 0 aliphatic heterocycles. The molecule has 2 rings (SSSR count). The van der Waals surface area contributed by atoms with Crippen molar-refractivity contribution in [3.05, 3.63) is 71.3 Å². The van der Waals surface area contributed by atoms with Crippen LogP contribution in [0.2, 0.25) is 0 Å². The summed E-state index contributed by atoms with van der Waals surface area (Å²) in [5.41, 5.74) is 2.74. The molecule has 0 bridgehead atoms. The molecule has 2 heteroatoms. The molecule has 0 aliphatic rings. The second-order valence-electron chi connectivity index (χ2n) is 4.85. The fourth-order valence-electron chi connectivity index (χ4n) is 2.22. The molecule has 0 N–H and O–H groups in total. The van der Waals surface area contributed by atoms with Gasteiger partial charge in [0.1, 0.15) is 0 Å². The predicted octanol–water partition coefficient (Wildman–Crippen LogP) is 3.76. The largest absolute Gasteiger partial charge is 0.300 e. The normalized spacial score (nSPS) is 10.8. The summed E-state index contributed by atoms with van der Waals surface area (Å²) in [5.74, 6) is 0.0833. The van der Waals surface area contributed by atoms with Crippen molar-refractivity contribution in [2.24, 2.45) is 0 Å². The van der Waals surface area contributed by atoms with E-state index >= 15 is 0 Å². The van der Waals surface area contributed by atoms with E-state index in [-0.39, 0.29) is 5.78 Å². The van der Waals surface area contributed by atoms with E-state index in [1.54, 1.807) is 0 Å². The van der Waals surface area contributed by atoms with Crippen LogP contribution in [-0.2, 0) is 6.54 Å². The van der Waals surface area contributed by atoms with Gasteiger partial charge in [-0.3, -0.25) is 9.69 Å². The Labute approximate surface area is 121 Å². The van der Waals surface area contributed by atoms with Crippen LogP contribution in [0.3, 0.4) is 0 Å². The standard InChI is InChI=1S/C18H21NO/c1-3-19(4-2)14-15-10-12-17(13-11-15)18(20)16-8-6-5-7-9-16/h5-13H,3-4,14H2,1-2H3. The molecule has 0 aromatic heterocycles. The molecule has 2 aromatic rings. The van der Waals surface area contributed by atoms with E-state index < -0.39 is 0 Å². The van der Waals surface area contributed by atoms with Crippen molar-refractivity contribution in [1.82, 2.24) is 4.90 Å². The lowest BCUT2D eigenvalue weighted by molar-refractivity contribution is 0.103. The third kappa shape index (κ3) is 3.55. The Morgan fingerprint density at radius 3 is 1.95 bits per heavy atom. The molecule has 20 heavy (non-hydrogen) atoms. The van der Waals surface area contributed by atoms with Crippen molar-refractivity contribution in [3.8, 4) is 0 Å². The average molecular weight is 267 g/mol. The van der Waals surface area contributed by atoms with E-state index in [2.05, 4.69) is 30.9 Å². The number of hydrogen-bond acceptors (Lipinski definition) is 2. The molecule has 0 radical (unpaired) electrons. The lowest BCUT2D eigenvalue weighted by Crippen LogP contribution is -2.22. The second-order valence-corrected chi connectivity index (χ2v) is 4.85. The van der Waals surface area contributed by atoms with E-state index in [0.29, 0.717) is 0 Å². The molecule has 104 valence electrons. The summed E-state index contributed by atoms with van der Waals surface area (Å²) >= 11 is 0. The first kappa shape index (κ1) is 14.5. The van der Waals surface area contributed by atoms with Crippen molar-refractivity contribution in [2.75, 3.05) is 13.1 Å². The number of ketones is 1. The molecule has 0 saturated heterocycles.